The number of amides is 1. The lowest BCUT2D eigenvalue weighted by Gasteiger charge is -2.35. The quantitative estimate of drug-likeness (QED) is 0.832. The van der Waals surface area contributed by atoms with Crippen molar-refractivity contribution in [2.75, 3.05) is 38.2 Å². The summed E-state index contributed by atoms with van der Waals surface area (Å²) in [6.45, 7) is 4.77. The zero-order valence-electron chi connectivity index (χ0n) is 13.7. The molecule has 2 heterocycles. The van der Waals surface area contributed by atoms with Crippen molar-refractivity contribution in [2.24, 2.45) is 5.16 Å². The third-order valence-corrected chi connectivity index (χ3v) is 4.33. The molecule has 1 atom stereocenters. The van der Waals surface area contributed by atoms with E-state index in [1.165, 1.54) is 0 Å². The topological polar surface area (TPSA) is 54.4 Å². The van der Waals surface area contributed by atoms with Gasteiger partial charge in [0, 0.05) is 37.8 Å². The summed E-state index contributed by atoms with van der Waals surface area (Å²) in [6, 6.07) is 7.63. The Labute approximate surface area is 136 Å². The maximum absolute atomic E-state index is 12.5. The highest BCUT2D eigenvalue weighted by Crippen LogP contribution is 2.23. The van der Waals surface area contributed by atoms with Crippen molar-refractivity contribution in [3.8, 4) is 5.75 Å². The Bertz CT molecular complexity index is 603. The monoisotopic (exact) mass is 317 g/mol. The summed E-state index contributed by atoms with van der Waals surface area (Å²) in [4.78, 5) is 21.9. The minimum Gasteiger partial charge on any atom is -0.497 e. The van der Waals surface area contributed by atoms with Gasteiger partial charge in [-0.25, -0.2) is 0 Å². The third kappa shape index (κ3) is 3.64. The second-order valence-electron chi connectivity index (χ2n) is 5.92. The van der Waals surface area contributed by atoms with E-state index in [9.17, 15) is 4.79 Å². The van der Waals surface area contributed by atoms with Gasteiger partial charge < -0.3 is 14.5 Å². The molecular formula is C17H23N3O3. The number of hydrogen-bond acceptors (Lipinski definition) is 5. The fourth-order valence-electron chi connectivity index (χ4n) is 3.01. The Balaban J connectivity index is 1.56. The highest BCUT2D eigenvalue weighted by molar-refractivity contribution is 5.95. The number of nitrogens with zero attached hydrogens (tertiary/aromatic N) is 3. The van der Waals surface area contributed by atoms with Crippen LogP contribution in [-0.2, 0) is 9.63 Å². The predicted octanol–water partition coefficient (Wildman–Crippen LogP) is 1.90. The van der Waals surface area contributed by atoms with Crippen molar-refractivity contribution >= 4 is 17.3 Å². The van der Waals surface area contributed by atoms with Gasteiger partial charge in [-0.1, -0.05) is 18.1 Å². The van der Waals surface area contributed by atoms with E-state index in [0.717, 1.165) is 43.1 Å². The lowest BCUT2D eigenvalue weighted by Crippen LogP contribution is -2.52. The van der Waals surface area contributed by atoms with Crippen LogP contribution < -0.4 is 9.64 Å². The Morgan fingerprint density at radius 1 is 1.39 bits per heavy atom. The minimum absolute atomic E-state index is 0.0844. The van der Waals surface area contributed by atoms with Gasteiger partial charge in [0.05, 0.1) is 19.4 Å². The molecule has 0 saturated carbocycles. The van der Waals surface area contributed by atoms with E-state index in [-0.39, 0.29) is 12.0 Å². The first-order chi connectivity index (χ1) is 11.2. The van der Waals surface area contributed by atoms with Gasteiger partial charge in [0.2, 0.25) is 5.91 Å². The zero-order chi connectivity index (χ0) is 16.2. The fourth-order valence-corrected chi connectivity index (χ4v) is 3.01. The van der Waals surface area contributed by atoms with Crippen molar-refractivity contribution in [3.63, 3.8) is 0 Å². The van der Waals surface area contributed by atoms with Crippen LogP contribution in [0.2, 0.25) is 0 Å². The van der Waals surface area contributed by atoms with E-state index in [2.05, 4.69) is 17.0 Å². The van der Waals surface area contributed by atoms with Gasteiger partial charge in [-0.05, 0) is 18.6 Å². The van der Waals surface area contributed by atoms with Crippen molar-refractivity contribution in [1.82, 2.24) is 4.90 Å². The number of benzene rings is 1. The molecule has 0 N–H and O–H groups in total. The molecule has 0 bridgehead atoms. The van der Waals surface area contributed by atoms with Crippen LogP contribution in [0.5, 0.6) is 5.75 Å². The molecule has 0 spiro atoms. The number of oxime groups is 1. The first-order valence-corrected chi connectivity index (χ1v) is 8.08. The van der Waals surface area contributed by atoms with Gasteiger partial charge >= 0.3 is 0 Å². The van der Waals surface area contributed by atoms with Crippen LogP contribution in [0.25, 0.3) is 0 Å². The maximum atomic E-state index is 12.5. The SMILES string of the molecule is CCC1=NOC(CN2CCN(c3cccc(OC)c3)C(=O)C2)C1. The van der Waals surface area contributed by atoms with E-state index < -0.39 is 0 Å². The van der Waals surface area contributed by atoms with Crippen LogP contribution in [0, 0.1) is 0 Å². The van der Waals surface area contributed by atoms with Crippen molar-refractivity contribution in [1.29, 1.82) is 0 Å². The Morgan fingerprint density at radius 3 is 2.96 bits per heavy atom. The molecule has 1 aromatic rings. The molecule has 1 amide bonds. The smallest absolute Gasteiger partial charge is 0.241 e. The van der Waals surface area contributed by atoms with Crippen LogP contribution in [0.4, 0.5) is 5.69 Å². The molecule has 6 heteroatoms. The van der Waals surface area contributed by atoms with E-state index in [1.807, 2.05) is 29.2 Å². The predicted molar refractivity (Wildman–Crippen MR) is 89.0 cm³/mol. The molecule has 2 aliphatic rings. The Kier molecular flexibility index (Phi) is 4.81. The number of carbonyl (C=O) groups excluding carboxylic acids is 1. The van der Waals surface area contributed by atoms with Crippen LogP contribution in [0.1, 0.15) is 19.8 Å². The number of hydrogen-bond donors (Lipinski definition) is 0. The average molecular weight is 317 g/mol. The van der Waals surface area contributed by atoms with E-state index in [4.69, 9.17) is 9.57 Å². The summed E-state index contributed by atoms with van der Waals surface area (Å²) < 4.78 is 5.23. The molecule has 2 aliphatic heterocycles. The van der Waals surface area contributed by atoms with Crippen LogP contribution in [-0.4, -0.2) is 55.9 Å². The van der Waals surface area contributed by atoms with Gasteiger partial charge in [0.15, 0.2) is 0 Å². The van der Waals surface area contributed by atoms with Gasteiger partial charge in [-0.15, -0.1) is 0 Å². The summed E-state index contributed by atoms with van der Waals surface area (Å²) in [6.07, 6.45) is 1.89. The van der Waals surface area contributed by atoms with E-state index >= 15 is 0 Å². The summed E-state index contributed by atoms with van der Waals surface area (Å²) in [5, 5.41) is 4.08. The molecule has 0 radical (unpaired) electrons. The van der Waals surface area contributed by atoms with Gasteiger partial charge in [0.25, 0.3) is 0 Å². The largest absolute Gasteiger partial charge is 0.497 e. The third-order valence-electron chi connectivity index (χ3n) is 4.33. The number of piperazine rings is 1. The Morgan fingerprint density at radius 2 is 2.26 bits per heavy atom. The standard InChI is InChI=1S/C17H23N3O3/c1-3-13-9-16(23-18-13)11-19-7-8-20(17(21)12-19)14-5-4-6-15(10-14)22-2/h4-6,10,16H,3,7-9,11-12H2,1-2H3. The highest BCUT2D eigenvalue weighted by atomic mass is 16.6. The summed E-state index contributed by atoms with van der Waals surface area (Å²) in [5.41, 5.74) is 2.00. The molecule has 124 valence electrons. The minimum atomic E-state index is 0.0844. The van der Waals surface area contributed by atoms with Gasteiger partial charge in [-0.3, -0.25) is 9.69 Å². The average Bonchev–Trinajstić information content (AvgIpc) is 3.02. The number of ether oxygens (including phenoxy) is 1. The van der Waals surface area contributed by atoms with Crippen molar-refractivity contribution in [2.45, 2.75) is 25.9 Å². The molecule has 0 aromatic heterocycles. The van der Waals surface area contributed by atoms with Crippen LogP contribution >= 0.6 is 0 Å². The molecular weight excluding hydrogens is 294 g/mol. The van der Waals surface area contributed by atoms with E-state index in [0.29, 0.717) is 13.1 Å². The Hall–Kier alpha value is -2.08. The lowest BCUT2D eigenvalue weighted by molar-refractivity contribution is -0.121. The fraction of sp³-hybridized carbons (Fsp3) is 0.529. The summed E-state index contributed by atoms with van der Waals surface area (Å²) >= 11 is 0. The molecule has 1 fully saturated rings. The second kappa shape index (κ2) is 7.00. The number of rotatable bonds is 5. The van der Waals surface area contributed by atoms with Gasteiger partial charge in [-0.2, -0.15) is 0 Å². The normalized spacial score (nSPS) is 22.0. The van der Waals surface area contributed by atoms with Crippen LogP contribution in [0.15, 0.2) is 29.4 Å². The molecule has 6 nitrogen and oxygen atoms in total. The lowest BCUT2D eigenvalue weighted by atomic mass is 10.1. The number of carbonyl (C=O) groups is 1. The molecule has 23 heavy (non-hydrogen) atoms. The van der Waals surface area contributed by atoms with Gasteiger partial charge in [0.1, 0.15) is 11.9 Å². The van der Waals surface area contributed by atoms with Crippen molar-refractivity contribution < 1.29 is 14.4 Å². The van der Waals surface area contributed by atoms with Crippen molar-refractivity contribution in [3.05, 3.63) is 24.3 Å². The van der Waals surface area contributed by atoms with E-state index in [1.54, 1.807) is 7.11 Å². The first kappa shape index (κ1) is 15.8. The summed E-state index contributed by atoms with van der Waals surface area (Å²) in [5.74, 6) is 0.875. The summed E-state index contributed by atoms with van der Waals surface area (Å²) in [7, 11) is 1.63. The molecule has 1 aromatic carbocycles. The zero-order valence-corrected chi connectivity index (χ0v) is 13.7. The molecule has 1 unspecified atom stereocenters. The van der Waals surface area contributed by atoms with Crippen LogP contribution in [0.3, 0.4) is 0 Å². The number of methoxy groups -OCH3 is 1. The first-order valence-electron chi connectivity index (χ1n) is 8.08. The second-order valence-corrected chi connectivity index (χ2v) is 5.92. The molecule has 0 aliphatic carbocycles. The maximum Gasteiger partial charge on any atom is 0.241 e. The highest BCUT2D eigenvalue weighted by Gasteiger charge is 2.29. The molecule has 3 rings (SSSR count). The number of anilines is 1. The molecule has 1 saturated heterocycles.